The predicted molar refractivity (Wildman–Crippen MR) is 80.9 cm³/mol. The zero-order valence-electron chi connectivity index (χ0n) is 12.0. The van der Waals surface area contributed by atoms with Gasteiger partial charge in [-0.05, 0) is 17.0 Å². The first-order valence-electron chi connectivity index (χ1n) is 6.72. The minimum Gasteiger partial charge on any atom is -0.383 e. The summed E-state index contributed by atoms with van der Waals surface area (Å²) in [5.41, 5.74) is 11.2. The van der Waals surface area contributed by atoms with Crippen LogP contribution in [-0.2, 0) is 12.0 Å². The summed E-state index contributed by atoms with van der Waals surface area (Å²) in [5.74, 6) is 0.507. The van der Waals surface area contributed by atoms with Crippen molar-refractivity contribution >= 4 is 11.5 Å². The molecule has 0 radical (unpaired) electrons. The summed E-state index contributed by atoms with van der Waals surface area (Å²) >= 11 is 0. The van der Waals surface area contributed by atoms with Crippen molar-refractivity contribution in [2.45, 2.75) is 32.7 Å². The molecule has 0 aliphatic carbocycles. The van der Waals surface area contributed by atoms with Gasteiger partial charge in [0, 0.05) is 5.56 Å². The Morgan fingerprint density at radius 3 is 2.70 bits per heavy atom. The Hall–Kier alpha value is -2.23. The van der Waals surface area contributed by atoms with Crippen molar-refractivity contribution in [1.29, 1.82) is 0 Å². The van der Waals surface area contributed by atoms with Crippen molar-refractivity contribution in [2.24, 2.45) is 4.99 Å². The predicted octanol–water partition coefficient (Wildman–Crippen LogP) is 2.71. The molecule has 0 spiro atoms. The molecule has 0 saturated carbocycles. The van der Waals surface area contributed by atoms with E-state index in [1.165, 1.54) is 11.9 Å². The summed E-state index contributed by atoms with van der Waals surface area (Å²) in [6.45, 7) is 7.19. The van der Waals surface area contributed by atoms with E-state index < -0.39 is 0 Å². The lowest BCUT2D eigenvalue weighted by Gasteiger charge is -2.20. The largest absolute Gasteiger partial charge is 0.383 e. The van der Waals surface area contributed by atoms with Crippen LogP contribution in [0.4, 0.5) is 5.82 Å². The van der Waals surface area contributed by atoms with Crippen LogP contribution in [0.25, 0.3) is 0 Å². The number of nitrogens with two attached hydrogens (primary N) is 1. The molecule has 0 saturated heterocycles. The van der Waals surface area contributed by atoms with E-state index in [1.807, 2.05) is 0 Å². The SMILES string of the molecule is CC(C)(C)c1cccc(C2=NCc3ncnc(N)c32)c1. The minimum atomic E-state index is 0.108. The fraction of sp³-hybridized carbons (Fsp3) is 0.312. The molecule has 2 N–H and O–H groups in total. The Morgan fingerprint density at radius 2 is 1.95 bits per heavy atom. The van der Waals surface area contributed by atoms with Gasteiger partial charge in [-0.2, -0.15) is 0 Å². The van der Waals surface area contributed by atoms with Crippen molar-refractivity contribution in [1.82, 2.24) is 9.97 Å². The third kappa shape index (κ3) is 2.07. The Bertz CT molecular complexity index is 696. The van der Waals surface area contributed by atoms with Crippen molar-refractivity contribution in [3.63, 3.8) is 0 Å². The molecule has 3 rings (SSSR count). The molecule has 0 amide bonds. The quantitative estimate of drug-likeness (QED) is 0.863. The maximum Gasteiger partial charge on any atom is 0.136 e. The fourth-order valence-corrected chi connectivity index (χ4v) is 2.42. The second-order valence-electron chi connectivity index (χ2n) is 6.08. The molecule has 0 unspecified atom stereocenters. The van der Waals surface area contributed by atoms with Gasteiger partial charge in [0.2, 0.25) is 0 Å². The highest BCUT2D eigenvalue weighted by Gasteiger charge is 2.23. The van der Waals surface area contributed by atoms with E-state index in [4.69, 9.17) is 5.73 Å². The standard InChI is InChI=1S/C16H18N4/c1-16(2,3)11-6-4-5-10(7-11)14-13-12(8-18-14)19-9-20-15(13)17/h4-7,9H,8H2,1-3H3,(H2,17,19,20). The van der Waals surface area contributed by atoms with Gasteiger partial charge in [-0.1, -0.05) is 39.0 Å². The number of hydrogen-bond donors (Lipinski definition) is 1. The minimum absolute atomic E-state index is 0.108. The molecule has 1 aromatic heterocycles. The van der Waals surface area contributed by atoms with E-state index >= 15 is 0 Å². The number of aromatic nitrogens is 2. The summed E-state index contributed by atoms with van der Waals surface area (Å²) in [6.07, 6.45) is 1.50. The van der Waals surface area contributed by atoms with Crippen LogP contribution in [0.5, 0.6) is 0 Å². The van der Waals surface area contributed by atoms with Crippen LogP contribution in [0.15, 0.2) is 35.6 Å². The van der Waals surface area contributed by atoms with Crippen LogP contribution < -0.4 is 5.73 Å². The zero-order chi connectivity index (χ0) is 14.3. The van der Waals surface area contributed by atoms with Gasteiger partial charge >= 0.3 is 0 Å². The number of anilines is 1. The Balaban J connectivity index is 2.10. The van der Waals surface area contributed by atoms with Gasteiger partial charge in [0.05, 0.1) is 23.5 Å². The third-order valence-corrected chi connectivity index (χ3v) is 3.58. The number of rotatable bonds is 1. The van der Waals surface area contributed by atoms with Crippen molar-refractivity contribution in [3.05, 3.63) is 53.0 Å². The monoisotopic (exact) mass is 266 g/mol. The average Bonchev–Trinajstić information content (AvgIpc) is 2.83. The van der Waals surface area contributed by atoms with Gasteiger partial charge < -0.3 is 5.73 Å². The first kappa shape index (κ1) is 12.8. The van der Waals surface area contributed by atoms with Crippen LogP contribution in [0, 0.1) is 0 Å². The molecule has 4 heteroatoms. The lowest BCUT2D eigenvalue weighted by molar-refractivity contribution is 0.590. The molecule has 20 heavy (non-hydrogen) atoms. The van der Waals surface area contributed by atoms with E-state index in [1.54, 1.807) is 0 Å². The Morgan fingerprint density at radius 1 is 1.15 bits per heavy atom. The van der Waals surface area contributed by atoms with Gasteiger partial charge in [-0.3, -0.25) is 4.99 Å². The van der Waals surface area contributed by atoms with E-state index in [9.17, 15) is 0 Å². The van der Waals surface area contributed by atoms with Gasteiger partial charge in [0.15, 0.2) is 0 Å². The highest BCUT2D eigenvalue weighted by atomic mass is 15.0. The fourth-order valence-electron chi connectivity index (χ4n) is 2.42. The van der Waals surface area contributed by atoms with E-state index in [-0.39, 0.29) is 5.41 Å². The molecule has 2 heterocycles. The number of aliphatic imine (C=N–C) groups is 1. The number of nitrogen functional groups attached to an aromatic ring is 1. The summed E-state index contributed by atoms with van der Waals surface area (Å²) < 4.78 is 0. The van der Waals surface area contributed by atoms with Crippen molar-refractivity contribution in [2.75, 3.05) is 5.73 Å². The number of hydrogen-bond acceptors (Lipinski definition) is 4. The van der Waals surface area contributed by atoms with Gasteiger partial charge in [0.1, 0.15) is 12.1 Å². The average molecular weight is 266 g/mol. The second-order valence-corrected chi connectivity index (χ2v) is 6.08. The maximum atomic E-state index is 5.99. The first-order chi connectivity index (χ1) is 9.47. The molecule has 0 atom stereocenters. The summed E-state index contributed by atoms with van der Waals surface area (Å²) in [6, 6.07) is 8.46. The van der Waals surface area contributed by atoms with E-state index in [2.05, 4.69) is 60.0 Å². The third-order valence-electron chi connectivity index (χ3n) is 3.58. The van der Waals surface area contributed by atoms with Crippen LogP contribution >= 0.6 is 0 Å². The lowest BCUT2D eigenvalue weighted by atomic mass is 9.85. The summed E-state index contributed by atoms with van der Waals surface area (Å²) in [4.78, 5) is 12.9. The van der Waals surface area contributed by atoms with Crippen LogP contribution in [0.3, 0.4) is 0 Å². The molecule has 1 aromatic carbocycles. The molecule has 0 bridgehead atoms. The first-order valence-corrected chi connectivity index (χ1v) is 6.72. The molecule has 2 aromatic rings. The molecule has 102 valence electrons. The zero-order valence-corrected chi connectivity index (χ0v) is 12.0. The van der Waals surface area contributed by atoms with E-state index in [0.717, 1.165) is 22.5 Å². The highest BCUT2D eigenvalue weighted by Crippen LogP contribution is 2.28. The molecular weight excluding hydrogens is 248 g/mol. The smallest absolute Gasteiger partial charge is 0.136 e. The van der Waals surface area contributed by atoms with Gasteiger partial charge in [-0.15, -0.1) is 0 Å². The number of benzene rings is 1. The van der Waals surface area contributed by atoms with Crippen LogP contribution in [0.2, 0.25) is 0 Å². The lowest BCUT2D eigenvalue weighted by Crippen LogP contribution is -2.13. The van der Waals surface area contributed by atoms with Crippen molar-refractivity contribution < 1.29 is 0 Å². The number of nitrogens with zero attached hydrogens (tertiary/aromatic N) is 3. The van der Waals surface area contributed by atoms with Gasteiger partial charge in [0.25, 0.3) is 0 Å². The second kappa shape index (κ2) is 4.40. The summed E-state index contributed by atoms with van der Waals surface area (Å²) in [5, 5.41) is 0. The maximum absolute atomic E-state index is 5.99. The Labute approximate surface area is 118 Å². The Kier molecular flexibility index (Phi) is 2.82. The molecule has 4 nitrogen and oxygen atoms in total. The summed E-state index contributed by atoms with van der Waals surface area (Å²) in [7, 11) is 0. The normalized spacial score (nSPS) is 14.1. The van der Waals surface area contributed by atoms with Crippen molar-refractivity contribution in [3.8, 4) is 0 Å². The van der Waals surface area contributed by atoms with Gasteiger partial charge in [-0.25, -0.2) is 9.97 Å². The molecule has 0 fully saturated rings. The molecular formula is C16H18N4. The topological polar surface area (TPSA) is 64.2 Å². The van der Waals surface area contributed by atoms with Crippen LogP contribution in [-0.4, -0.2) is 15.7 Å². The molecule has 1 aliphatic rings. The van der Waals surface area contributed by atoms with Crippen LogP contribution in [0.1, 0.15) is 43.2 Å². The van der Waals surface area contributed by atoms with E-state index in [0.29, 0.717) is 12.4 Å². The highest BCUT2D eigenvalue weighted by molar-refractivity contribution is 6.17. The number of fused-ring (bicyclic) bond motifs is 1. The molecule has 1 aliphatic heterocycles.